The molecule has 21 heavy (non-hydrogen) atoms. The Hall–Kier alpha value is -0.490. The molecular weight excluding hydrogens is 270 g/mol. The van der Waals surface area contributed by atoms with E-state index in [9.17, 15) is 4.79 Å². The van der Waals surface area contributed by atoms with E-state index >= 15 is 0 Å². The Morgan fingerprint density at radius 3 is 2.86 bits per heavy atom. The summed E-state index contributed by atoms with van der Waals surface area (Å²) in [5, 5.41) is 0. The maximum Gasteiger partial charge on any atom is 0.166 e. The molecule has 3 fully saturated rings. The summed E-state index contributed by atoms with van der Waals surface area (Å²) in [6.07, 6.45) is 2.28. The lowest BCUT2D eigenvalue weighted by molar-refractivity contribution is -0.152. The Morgan fingerprint density at radius 1 is 1.29 bits per heavy atom. The van der Waals surface area contributed by atoms with Gasteiger partial charge in [0.2, 0.25) is 0 Å². The summed E-state index contributed by atoms with van der Waals surface area (Å²) in [5.74, 6) is 0.340. The molecule has 0 bridgehead atoms. The van der Waals surface area contributed by atoms with E-state index in [-0.39, 0.29) is 23.4 Å². The molecule has 3 atom stereocenters. The average molecular weight is 297 g/mol. The van der Waals surface area contributed by atoms with E-state index in [1.807, 2.05) is 0 Å². The third-order valence-electron chi connectivity index (χ3n) is 5.11. The van der Waals surface area contributed by atoms with Gasteiger partial charge in [-0.15, -0.1) is 0 Å². The summed E-state index contributed by atoms with van der Waals surface area (Å²) in [6.45, 7) is 8.72. The summed E-state index contributed by atoms with van der Waals surface area (Å²) in [5.41, 5.74) is -0.203. The van der Waals surface area contributed by atoms with Crippen molar-refractivity contribution in [2.24, 2.45) is 5.92 Å². The maximum atomic E-state index is 12.8. The average Bonchev–Trinajstić information content (AvgIpc) is 2.94. The number of carbonyl (C=O) groups is 1. The number of rotatable bonds is 3. The van der Waals surface area contributed by atoms with Gasteiger partial charge < -0.3 is 14.2 Å². The molecule has 0 saturated carbocycles. The number of ether oxygens (including phenoxy) is 3. The summed E-state index contributed by atoms with van der Waals surface area (Å²) < 4.78 is 17.2. The zero-order valence-corrected chi connectivity index (χ0v) is 13.2. The van der Waals surface area contributed by atoms with E-state index < -0.39 is 0 Å². The molecule has 3 saturated heterocycles. The van der Waals surface area contributed by atoms with Crippen LogP contribution in [0.15, 0.2) is 0 Å². The first kappa shape index (κ1) is 15.4. The highest BCUT2D eigenvalue weighted by atomic mass is 16.6. The van der Waals surface area contributed by atoms with Crippen LogP contribution in [0.2, 0.25) is 0 Å². The van der Waals surface area contributed by atoms with Gasteiger partial charge in [-0.1, -0.05) is 0 Å². The Labute approximate surface area is 126 Å². The predicted octanol–water partition coefficient (Wildman–Crippen LogP) is 1.25. The molecule has 0 N–H and O–H groups in total. The molecule has 5 heteroatoms. The van der Waals surface area contributed by atoms with E-state index in [1.165, 1.54) is 0 Å². The second-order valence-corrected chi connectivity index (χ2v) is 6.87. The molecule has 3 rings (SSSR count). The zero-order valence-electron chi connectivity index (χ0n) is 13.2. The van der Waals surface area contributed by atoms with Gasteiger partial charge in [0.15, 0.2) is 5.78 Å². The molecular formula is C16H27NO4. The van der Waals surface area contributed by atoms with Crippen molar-refractivity contribution in [3.63, 3.8) is 0 Å². The van der Waals surface area contributed by atoms with Crippen LogP contribution in [0, 0.1) is 5.92 Å². The van der Waals surface area contributed by atoms with Crippen LogP contribution in [0.1, 0.15) is 33.1 Å². The van der Waals surface area contributed by atoms with Gasteiger partial charge in [-0.25, -0.2) is 0 Å². The lowest BCUT2D eigenvalue weighted by atomic mass is 9.81. The highest BCUT2D eigenvalue weighted by Crippen LogP contribution is 2.36. The van der Waals surface area contributed by atoms with Crippen molar-refractivity contribution in [3.8, 4) is 0 Å². The first-order valence-corrected chi connectivity index (χ1v) is 8.21. The van der Waals surface area contributed by atoms with E-state index in [1.54, 1.807) is 0 Å². The molecule has 0 aromatic carbocycles. The normalized spacial score (nSPS) is 38.2. The standard InChI is InChI=1S/C16H27NO4/c1-12(2)17-5-8-20-14(10-17)15(18)13-3-6-21-16(9-13)4-7-19-11-16/h12-14H,3-11H2,1-2H3. The van der Waals surface area contributed by atoms with Gasteiger partial charge >= 0.3 is 0 Å². The molecule has 3 heterocycles. The molecule has 3 aliphatic heterocycles. The van der Waals surface area contributed by atoms with Crippen molar-refractivity contribution in [1.82, 2.24) is 4.90 Å². The quantitative estimate of drug-likeness (QED) is 0.784. The number of morpholine rings is 1. The minimum absolute atomic E-state index is 0.0672. The molecule has 120 valence electrons. The van der Waals surface area contributed by atoms with E-state index in [0.29, 0.717) is 25.9 Å². The van der Waals surface area contributed by atoms with E-state index in [4.69, 9.17) is 14.2 Å². The summed E-state index contributed by atoms with van der Waals surface area (Å²) >= 11 is 0. The monoisotopic (exact) mass is 297 g/mol. The summed E-state index contributed by atoms with van der Waals surface area (Å²) in [7, 11) is 0. The lowest BCUT2D eigenvalue weighted by Gasteiger charge is -2.40. The molecule has 3 aliphatic rings. The van der Waals surface area contributed by atoms with Crippen LogP contribution in [-0.4, -0.2) is 67.9 Å². The van der Waals surface area contributed by atoms with Crippen LogP contribution in [0.3, 0.4) is 0 Å². The van der Waals surface area contributed by atoms with E-state index in [0.717, 1.165) is 39.0 Å². The Morgan fingerprint density at radius 2 is 2.14 bits per heavy atom. The van der Waals surface area contributed by atoms with Crippen LogP contribution in [0.5, 0.6) is 0 Å². The maximum absolute atomic E-state index is 12.8. The third kappa shape index (κ3) is 3.31. The van der Waals surface area contributed by atoms with Gasteiger partial charge in [0.25, 0.3) is 0 Å². The predicted molar refractivity (Wildman–Crippen MR) is 78.3 cm³/mol. The molecule has 0 aromatic rings. The number of hydrogen-bond acceptors (Lipinski definition) is 5. The second kappa shape index (κ2) is 6.32. The number of nitrogens with zero attached hydrogens (tertiary/aromatic N) is 1. The molecule has 5 nitrogen and oxygen atoms in total. The van der Waals surface area contributed by atoms with Gasteiger partial charge in [-0.05, 0) is 26.7 Å². The van der Waals surface area contributed by atoms with Gasteiger partial charge in [-0.2, -0.15) is 0 Å². The third-order valence-corrected chi connectivity index (χ3v) is 5.11. The lowest BCUT2D eigenvalue weighted by Crippen LogP contribution is -2.52. The molecule has 3 unspecified atom stereocenters. The topological polar surface area (TPSA) is 48.0 Å². The summed E-state index contributed by atoms with van der Waals surface area (Å²) in [6, 6.07) is 0.466. The Kier molecular flexibility index (Phi) is 4.64. The van der Waals surface area contributed by atoms with Gasteiger partial charge in [0.05, 0.1) is 18.8 Å². The van der Waals surface area contributed by atoms with Crippen molar-refractivity contribution >= 4 is 5.78 Å². The fourth-order valence-corrected chi connectivity index (χ4v) is 3.71. The number of carbonyl (C=O) groups excluding carboxylic acids is 1. The number of hydrogen-bond donors (Lipinski definition) is 0. The van der Waals surface area contributed by atoms with Crippen LogP contribution in [-0.2, 0) is 19.0 Å². The van der Waals surface area contributed by atoms with Gasteiger partial charge in [0, 0.05) is 44.7 Å². The van der Waals surface area contributed by atoms with Crippen molar-refractivity contribution < 1.29 is 19.0 Å². The van der Waals surface area contributed by atoms with Crippen LogP contribution in [0.4, 0.5) is 0 Å². The van der Waals surface area contributed by atoms with Crippen molar-refractivity contribution in [1.29, 1.82) is 0 Å². The fraction of sp³-hybridized carbons (Fsp3) is 0.938. The Bertz CT molecular complexity index is 378. The number of ketones is 1. The number of Topliss-reactive ketones (excluding diaryl/α,β-unsaturated/α-hetero) is 1. The minimum atomic E-state index is -0.261. The summed E-state index contributed by atoms with van der Waals surface area (Å²) in [4.78, 5) is 15.1. The Balaban J connectivity index is 1.61. The molecule has 1 spiro atoms. The first-order valence-electron chi connectivity index (χ1n) is 8.21. The smallest absolute Gasteiger partial charge is 0.166 e. The SMILES string of the molecule is CC(C)N1CCOC(C(=O)C2CCOC3(CCOC3)C2)C1. The van der Waals surface area contributed by atoms with Crippen molar-refractivity contribution in [2.45, 2.75) is 50.9 Å². The highest BCUT2D eigenvalue weighted by molar-refractivity contribution is 5.86. The van der Waals surface area contributed by atoms with Crippen molar-refractivity contribution in [3.05, 3.63) is 0 Å². The largest absolute Gasteiger partial charge is 0.378 e. The fourth-order valence-electron chi connectivity index (χ4n) is 3.71. The van der Waals surface area contributed by atoms with E-state index in [2.05, 4.69) is 18.7 Å². The van der Waals surface area contributed by atoms with Crippen LogP contribution >= 0.6 is 0 Å². The van der Waals surface area contributed by atoms with Gasteiger partial charge in [0.1, 0.15) is 6.10 Å². The first-order chi connectivity index (χ1) is 10.1. The van der Waals surface area contributed by atoms with Gasteiger partial charge in [-0.3, -0.25) is 9.69 Å². The molecule has 0 amide bonds. The highest BCUT2D eigenvalue weighted by Gasteiger charge is 2.44. The molecule has 0 aliphatic carbocycles. The second-order valence-electron chi connectivity index (χ2n) is 6.87. The zero-order chi connectivity index (χ0) is 14.9. The van der Waals surface area contributed by atoms with Crippen LogP contribution < -0.4 is 0 Å². The molecule has 0 radical (unpaired) electrons. The van der Waals surface area contributed by atoms with Crippen molar-refractivity contribution in [2.75, 3.05) is 39.5 Å². The minimum Gasteiger partial charge on any atom is -0.378 e. The van der Waals surface area contributed by atoms with Crippen LogP contribution in [0.25, 0.3) is 0 Å². The molecule has 0 aromatic heterocycles.